The number of nitrogens with one attached hydrogen (secondary N) is 1. The third kappa shape index (κ3) is 4.46. The van der Waals surface area contributed by atoms with Crippen LogP contribution in [0.3, 0.4) is 0 Å². The lowest BCUT2D eigenvalue weighted by Crippen LogP contribution is -2.15. The molecule has 0 fully saturated rings. The number of anilines is 1. The van der Waals surface area contributed by atoms with Crippen LogP contribution in [0.1, 0.15) is 22.3 Å². The van der Waals surface area contributed by atoms with E-state index in [2.05, 4.69) is 9.82 Å². The first kappa shape index (κ1) is 19.7. The van der Waals surface area contributed by atoms with Crippen molar-refractivity contribution in [2.75, 3.05) is 4.72 Å². The van der Waals surface area contributed by atoms with Crippen LogP contribution in [0, 0.1) is 20.8 Å². The van der Waals surface area contributed by atoms with Crippen LogP contribution < -0.4 is 4.72 Å². The van der Waals surface area contributed by atoms with Crippen molar-refractivity contribution in [3.63, 3.8) is 0 Å². The molecule has 0 spiro atoms. The highest BCUT2D eigenvalue weighted by molar-refractivity contribution is 7.92. The van der Waals surface area contributed by atoms with E-state index in [4.69, 9.17) is 23.2 Å². The van der Waals surface area contributed by atoms with Crippen molar-refractivity contribution >= 4 is 38.9 Å². The topological polar surface area (TPSA) is 64.0 Å². The molecule has 0 bridgehead atoms. The third-order valence-corrected chi connectivity index (χ3v) is 6.38. The van der Waals surface area contributed by atoms with Gasteiger partial charge in [0.1, 0.15) is 0 Å². The van der Waals surface area contributed by atoms with Gasteiger partial charge in [0, 0.05) is 16.2 Å². The monoisotopic (exact) mass is 423 g/mol. The Morgan fingerprint density at radius 2 is 1.74 bits per heavy atom. The molecule has 1 N–H and O–H groups in total. The van der Waals surface area contributed by atoms with E-state index in [1.807, 2.05) is 25.1 Å². The van der Waals surface area contributed by atoms with E-state index in [1.165, 1.54) is 6.20 Å². The number of hydrogen-bond acceptors (Lipinski definition) is 3. The molecule has 0 atom stereocenters. The first-order valence-electron chi connectivity index (χ1n) is 8.23. The summed E-state index contributed by atoms with van der Waals surface area (Å²) in [7, 11) is -3.71. The van der Waals surface area contributed by atoms with Crippen molar-refractivity contribution in [3.8, 4) is 0 Å². The van der Waals surface area contributed by atoms with Gasteiger partial charge < -0.3 is 0 Å². The van der Waals surface area contributed by atoms with Crippen LogP contribution in [0.4, 0.5) is 5.69 Å². The third-order valence-electron chi connectivity index (χ3n) is 4.11. The van der Waals surface area contributed by atoms with Gasteiger partial charge in [0.05, 0.1) is 23.3 Å². The molecule has 2 aromatic carbocycles. The minimum absolute atomic E-state index is 0.293. The van der Waals surface area contributed by atoms with Crippen molar-refractivity contribution in [1.82, 2.24) is 9.78 Å². The second-order valence-corrected chi connectivity index (χ2v) is 8.96. The van der Waals surface area contributed by atoms with Gasteiger partial charge in [0.2, 0.25) is 0 Å². The predicted octanol–water partition coefficient (Wildman–Crippen LogP) is 4.96. The van der Waals surface area contributed by atoms with E-state index in [-0.39, 0.29) is 0 Å². The first-order chi connectivity index (χ1) is 12.7. The van der Waals surface area contributed by atoms with Gasteiger partial charge in [0.25, 0.3) is 10.0 Å². The molecule has 0 radical (unpaired) electrons. The molecule has 0 saturated heterocycles. The van der Waals surface area contributed by atoms with Crippen LogP contribution in [0.15, 0.2) is 47.6 Å². The van der Waals surface area contributed by atoms with Crippen LogP contribution in [0.5, 0.6) is 0 Å². The zero-order chi connectivity index (χ0) is 19.8. The fourth-order valence-electron chi connectivity index (χ4n) is 3.12. The van der Waals surface area contributed by atoms with Gasteiger partial charge in [0.15, 0.2) is 0 Å². The van der Waals surface area contributed by atoms with Gasteiger partial charge in [-0.1, -0.05) is 47.0 Å². The van der Waals surface area contributed by atoms with E-state index < -0.39 is 10.0 Å². The molecule has 0 aliphatic heterocycles. The molecule has 142 valence electrons. The summed E-state index contributed by atoms with van der Waals surface area (Å²) in [6, 6.07) is 8.93. The number of halogens is 2. The van der Waals surface area contributed by atoms with Crippen LogP contribution in [0.25, 0.3) is 0 Å². The Hall–Kier alpha value is -2.02. The standard InChI is InChI=1S/C19H19Cl2N3O2S/c1-12-6-13(2)19(14(3)7-12)27(25,26)23-17-9-22-24(11-17)10-15-4-5-16(20)8-18(15)21/h4-9,11,23H,10H2,1-3H3. The van der Waals surface area contributed by atoms with Gasteiger partial charge in [-0.2, -0.15) is 5.10 Å². The molecule has 0 saturated carbocycles. The number of aromatic nitrogens is 2. The van der Waals surface area contributed by atoms with Crippen molar-refractivity contribution in [1.29, 1.82) is 0 Å². The molecule has 0 amide bonds. The van der Waals surface area contributed by atoms with E-state index in [9.17, 15) is 8.42 Å². The van der Waals surface area contributed by atoms with E-state index >= 15 is 0 Å². The van der Waals surface area contributed by atoms with Crippen molar-refractivity contribution in [2.45, 2.75) is 32.2 Å². The second kappa shape index (κ2) is 7.54. The highest BCUT2D eigenvalue weighted by Crippen LogP contribution is 2.25. The summed E-state index contributed by atoms with van der Waals surface area (Å²) in [5.41, 5.74) is 3.67. The number of rotatable bonds is 5. The Kier molecular flexibility index (Phi) is 5.51. The number of aryl methyl sites for hydroxylation is 3. The van der Waals surface area contributed by atoms with Gasteiger partial charge >= 0.3 is 0 Å². The number of sulfonamides is 1. The quantitative estimate of drug-likeness (QED) is 0.630. The van der Waals surface area contributed by atoms with Gasteiger partial charge in [-0.05, 0) is 49.6 Å². The second-order valence-electron chi connectivity index (χ2n) is 6.50. The maximum Gasteiger partial charge on any atom is 0.262 e. The lowest BCUT2D eigenvalue weighted by molar-refractivity contribution is 0.600. The summed E-state index contributed by atoms with van der Waals surface area (Å²) >= 11 is 12.1. The molecule has 0 unspecified atom stereocenters. The SMILES string of the molecule is Cc1cc(C)c(S(=O)(=O)Nc2cnn(Cc3ccc(Cl)cc3Cl)c2)c(C)c1. The average Bonchev–Trinajstić information content (AvgIpc) is 2.95. The number of nitrogens with zero attached hydrogens (tertiary/aromatic N) is 2. The summed E-state index contributed by atoms with van der Waals surface area (Å²) in [4.78, 5) is 0.293. The smallest absolute Gasteiger partial charge is 0.262 e. The largest absolute Gasteiger partial charge is 0.276 e. The first-order valence-corrected chi connectivity index (χ1v) is 10.5. The van der Waals surface area contributed by atoms with E-state index in [1.54, 1.807) is 36.9 Å². The van der Waals surface area contributed by atoms with Crippen molar-refractivity contribution in [3.05, 3.63) is 75.0 Å². The van der Waals surface area contributed by atoms with Crippen LogP contribution in [0.2, 0.25) is 10.0 Å². The molecule has 1 aromatic heterocycles. The van der Waals surface area contributed by atoms with Crippen LogP contribution in [-0.4, -0.2) is 18.2 Å². The van der Waals surface area contributed by atoms with Crippen LogP contribution in [-0.2, 0) is 16.6 Å². The molecule has 0 aliphatic carbocycles. The molecule has 1 heterocycles. The molecule has 8 heteroatoms. The fourth-order valence-corrected chi connectivity index (χ4v) is 5.08. The van der Waals surface area contributed by atoms with Crippen molar-refractivity contribution < 1.29 is 8.42 Å². The highest BCUT2D eigenvalue weighted by atomic mass is 35.5. The van der Waals surface area contributed by atoms with Crippen LogP contribution >= 0.6 is 23.2 Å². The average molecular weight is 424 g/mol. The molecule has 3 aromatic rings. The van der Waals surface area contributed by atoms with Gasteiger partial charge in [-0.3, -0.25) is 9.40 Å². The number of hydrogen-bond donors (Lipinski definition) is 1. The predicted molar refractivity (Wildman–Crippen MR) is 109 cm³/mol. The highest BCUT2D eigenvalue weighted by Gasteiger charge is 2.20. The lowest BCUT2D eigenvalue weighted by Gasteiger charge is -2.12. The van der Waals surface area contributed by atoms with E-state index in [0.29, 0.717) is 38.3 Å². The summed E-state index contributed by atoms with van der Waals surface area (Å²) in [6.07, 6.45) is 3.10. The minimum Gasteiger partial charge on any atom is -0.276 e. The molecule has 27 heavy (non-hydrogen) atoms. The maximum absolute atomic E-state index is 12.8. The number of benzene rings is 2. The fraction of sp³-hybridized carbons (Fsp3) is 0.211. The summed E-state index contributed by atoms with van der Waals surface area (Å²) < 4.78 is 29.9. The normalized spacial score (nSPS) is 11.6. The summed E-state index contributed by atoms with van der Waals surface area (Å²) in [5.74, 6) is 0. The molecular weight excluding hydrogens is 405 g/mol. The molecule has 0 aliphatic rings. The molecular formula is C19H19Cl2N3O2S. The Bertz CT molecular complexity index is 1080. The zero-order valence-electron chi connectivity index (χ0n) is 15.1. The van der Waals surface area contributed by atoms with E-state index in [0.717, 1.165) is 11.1 Å². The Morgan fingerprint density at radius 3 is 2.37 bits per heavy atom. The Balaban J connectivity index is 1.83. The maximum atomic E-state index is 12.8. The Morgan fingerprint density at radius 1 is 1.07 bits per heavy atom. The lowest BCUT2D eigenvalue weighted by atomic mass is 10.1. The van der Waals surface area contributed by atoms with Crippen molar-refractivity contribution in [2.24, 2.45) is 0 Å². The van der Waals surface area contributed by atoms with Gasteiger partial charge in [-0.25, -0.2) is 8.42 Å². The Labute approximate surface area is 169 Å². The molecule has 3 rings (SSSR count). The molecule has 5 nitrogen and oxygen atoms in total. The summed E-state index contributed by atoms with van der Waals surface area (Å²) in [5, 5.41) is 5.30. The van der Waals surface area contributed by atoms with Gasteiger partial charge in [-0.15, -0.1) is 0 Å². The summed E-state index contributed by atoms with van der Waals surface area (Å²) in [6.45, 7) is 5.93. The minimum atomic E-state index is -3.71. The zero-order valence-corrected chi connectivity index (χ0v) is 17.5.